The molecular weight excluding hydrogens is 372 g/mol. The van der Waals surface area contributed by atoms with Crippen molar-refractivity contribution in [2.24, 2.45) is 0 Å². The van der Waals surface area contributed by atoms with Gasteiger partial charge in [-0.25, -0.2) is 21.1 Å². The van der Waals surface area contributed by atoms with E-state index in [4.69, 9.17) is 0 Å². The number of nitrogens with one attached hydrogen (secondary N) is 1. The molecule has 0 fully saturated rings. The van der Waals surface area contributed by atoms with Crippen LogP contribution >= 0.6 is 0 Å². The zero-order chi connectivity index (χ0) is 19.9. The van der Waals surface area contributed by atoms with Crippen LogP contribution in [0.5, 0.6) is 0 Å². The molecule has 0 saturated heterocycles. The third-order valence-electron chi connectivity index (χ3n) is 4.28. The van der Waals surface area contributed by atoms with Gasteiger partial charge in [-0.1, -0.05) is 17.7 Å². The van der Waals surface area contributed by atoms with E-state index in [1.165, 1.54) is 20.2 Å². The number of nitrogens with zero attached hydrogens (tertiary/aromatic N) is 1. The molecule has 2 rings (SSSR count). The van der Waals surface area contributed by atoms with Crippen LogP contribution in [-0.4, -0.2) is 35.2 Å². The van der Waals surface area contributed by atoms with E-state index in [1.807, 2.05) is 6.92 Å². The number of rotatable bonds is 5. The summed E-state index contributed by atoms with van der Waals surface area (Å²) in [7, 11) is -4.65. The van der Waals surface area contributed by atoms with Crippen molar-refractivity contribution < 1.29 is 16.8 Å². The van der Waals surface area contributed by atoms with E-state index < -0.39 is 20.0 Å². The molecule has 0 aliphatic carbocycles. The van der Waals surface area contributed by atoms with Crippen molar-refractivity contribution in [2.45, 2.75) is 37.5 Å². The van der Waals surface area contributed by atoms with Gasteiger partial charge in [0, 0.05) is 14.1 Å². The minimum Gasteiger partial charge on any atom is -0.279 e. The summed E-state index contributed by atoms with van der Waals surface area (Å²) in [5, 5.41) is 0. The summed E-state index contributed by atoms with van der Waals surface area (Å²) in [5.74, 6) is 0. The third kappa shape index (κ3) is 3.92. The van der Waals surface area contributed by atoms with Crippen LogP contribution in [0, 0.1) is 27.7 Å². The number of hydrogen-bond donors (Lipinski definition) is 1. The Labute approximate surface area is 156 Å². The van der Waals surface area contributed by atoms with Gasteiger partial charge < -0.3 is 0 Å². The highest BCUT2D eigenvalue weighted by molar-refractivity contribution is 7.92. The Morgan fingerprint density at radius 3 is 2.00 bits per heavy atom. The van der Waals surface area contributed by atoms with Gasteiger partial charge in [-0.15, -0.1) is 0 Å². The van der Waals surface area contributed by atoms with E-state index in [9.17, 15) is 16.8 Å². The van der Waals surface area contributed by atoms with E-state index in [0.29, 0.717) is 16.7 Å². The van der Waals surface area contributed by atoms with Gasteiger partial charge >= 0.3 is 0 Å². The Morgan fingerprint density at radius 2 is 1.46 bits per heavy atom. The van der Waals surface area contributed by atoms with Crippen molar-refractivity contribution in [3.05, 3.63) is 52.6 Å². The van der Waals surface area contributed by atoms with Crippen LogP contribution in [0.25, 0.3) is 0 Å². The predicted molar refractivity (Wildman–Crippen MR) is 104 cm³/mol. The molecule has 26 heavy (non-hydrogen) atoms. The fraction of sp³-hybridized carbons (Fsp3) is 0.333. The Balaban J connectivity index is 2.57. The molecule has 0 aliphatic rings. The largest absolute Gasteiger partial charge is 0.279 e. The number of hydrogen-bond acceptors (Lipinski definition) is 4. The van der Waals surface area contributed by atoms with Crippen molar-refractivity contribution in [1.29, 1.82) is 0 Å². The van der Waals surface area contributed by atoms with Crippen molar-refractivity contribution in [2.75, 3.05) is 18.8 Å². The predicted octanol–water partition coefficient (Wildman–Crippen LogP) is 2.97. The van der Waals surface area contributed by atoms with Gasteiger partial charge in [0.05, 0.1) is 15.5 Å². The Morgan fingerprint density at radius 1 is 0.846 bits per heavy atom. The summed E-state index contributed by atoms with van der Waals surface area (Å²) in [6.07, 6.45) is 0. The van der Waals surface area contributed by atoms with Crippen LogP contribution in [0.2, 0.25) is 0 Å². The van der Waals surface area contributed by atoms with E-state index in [2.05, 4.69) is 4.72 Å². The molecule has 0 aromatic heterocycles. The number of sulfonamides is 2. The van der Waals surface area contributed by atoms with Gasteiger partial charge in [0.2, 0.25) is 10.0 Å². The molecule has 1 N–H and O–H groups in total. The average Bonchev–Trinajstić information content (AvgIpc) is 2.50. The van der Waals surface area contributed by atoms with Crippen LogP contribution in [0.15, 0.2) is 40.1 Å². The van der Waals surface area contributed by atoms with Gasteiger partial charge in [0.1, 0.15) is 0 Å². The fourth-order valence-electron chi connectivity index (χ4n) is 2.59. The topological polar surface area (TPSA) is 83.5 Å². The SMILES string of the molecule is Cc1ccc(S(=O)(=O)Nc2cc(S(=O)(=O)N(C)C)cc(C)c2C)c(C)c1. The molecular formula is C18H24N2O4S2. The minimum absolute atomic E-state index is 0.0453. The first-order valence-corrected chi connectivity index (χ1v) is 10.9. The molecule has 0 heterocycles. The lowest BCUT2D eigenvalue weighted by Crippen LogP contribution is -2.23. The van der Waals surface area contributed by atoms with E-state index >= 15 is 0 Å². The normalized spacial score (nSPS) is 12.4. The Bertz CT molecular complexity index is 1060. The second-order valence-corrected chi connectivity index (χ2v) is 10.4. The van der Waals surface area contributed by atoms with Gasteiger partial charge in [-0.3, -0.25) is 4.72 Å². The van der Waals surface area contributed by atoms with Crippen LogP contribution in [0.3, 0.4) is 0 Å². The maximum atomic E-state index is 12.8. The maximum Gasteiger partial charge on any atom is 0.262 e. The highest BCUT2D eigenvalue weighted by Crippen LogP contribution is 2.28. The lowest BCUT2D eigenvalue weighted by Gasteiger charge is -2.17. The summed E-state index contributed by atoms with van der Waals surface area (Å²) in [6, 6.07) is 7.97. The van der Waals surface area contributed by atoms with Crippen molar-refractivity contribution >= 4 is 25.7 Å². The molecule has 0 unspecified atom stereocenters. The molecule has 8 heteroatoms. The summed E-state index contributed by atoms with van der Waals surface area (Å²) in [4.78, 5) is 0.213. The first-order chi connectivity index (χ1) is 11.9. The number of benzene rings is 2. The van der Waals surface area contributed by atoms with Crippen LogP contribution in [0.4, 0.5) is 5.69 Å². The summed E-state index contributed by atoms with van der Waals surface area (Å²) >= 11 is 0. The molecule has 0 radical (unpaired) electrons. The highest BCUT2D eigenvalue weighted by Gasteiger charge is 2.23. The fourth-order valence-corrected chi connectivity index (χ4v) is 4.95. The number of aryl methyl sites for hydroxylation is 3. The van der Waals surface area contributed by atoms with E-state index in [0.717, 1.165) is 9.87 Å². The van der Waals surface area contributed by atoms with E-state index in [-0.39, 0.29) is 15.5 Å². The zero-order valence-corrected chi connectivity index (χ0v) is 17.4. The lowest BCUT2D eigenvalue weighted by atomic mass is 10.1. The lowest BCUT2D eigenvalue weighted by molar-refractivity contribution is 0.520. The van der Waals surface area contributed by atoms with Crippen LogP contribution < -0.4 is 4.72 Å². The van der Waals surface area contributed by atoms with Gasteiger partial charge in [-0.2, -0.15) is 0 Å². The van der Waals surface area contributed by atoms with Crippen LogP contribution in [-0.2, 0) is 20.0 Å². The molecule has 0 spiro atoms. The minimum atomic E-state index is -3.84. The Hall–Kier alpha value is -1.90. The molecule has 0 saturated carbocycles. The van der Waals surface area contributed by atoms with Gasteiger partial charge in [0.25, 0.3) is 10.0 Å². The first kappa shape index (κ1) is 20.4. The second-order valence-electron chi connectivity index (χ2n) is 6.57. The highest BCUT2D eigenvalue weighted by atomic mass is 32.2. The molecule has 0 atom stereocenters. The van der Waals surface area contributed by atoms with Gasteiger partial charge in [0.15, 0.2) is 0 Å². The first-order valence-electron chi connectivity index (χ1n) is 8.00. The quantitative estimate of drug-likeness (QED) is 0.842. The molecule has 2 aromatic rings. The molecule has 0 amide bonds. The maximum absolute atomic E-state index is 12.8. The standard InChI is InChI=1S/C18H24N2O4S2/c1-12-7-8-18(14(3)9-12)25(21,22)19-17-11-16(10-13(2)15(17)4)26(23,24)20(5)6/h7-11,19H,1-6H3. The molecule has 2 aromatic carbocycles. The molecule has 142 valence electrons. The smallest absolute Gasteiger partial charge is 0.262 e. The van der Waals surface area contributed by atoms with Crippen molar-refractivity contribution in [3.8, 4) is 0 Å². The summed E-state index contributed by atoms with van der Waals surface area (Å²) in [5.41, 5.74) is 3.21. The van der Waals surface area contributed by atoms with E-state index in [1.54, 1.807) is 45.0 Å². The summed E-state index contributed by atoms with van der Waals surface area (Å²) in [6.45, 7) is 7.12. The Kier molecular flexibility index (Phi) is 5.51. The second kappa shape index (κ2) is 7.02. The third-order valence-corrected chi connectivity index (χ3v) is 7.60. The molecule has 0 bridgehead atoms. The van der Waals surface area contributed by atoms with Gasteiger partial charge in [-0.05, 0) is 62.6 Å². The molecule has 6 nitrogen and oxygen atoms in total. The van der Waals surface area contributed by atoms with Crippen molar-refractivity contribution in [1.82, 2.24) is 4.31 Å². The van der Waals surface area contributed by atoms with Crippen molar-refractivity contribution in [3.63, 3.8) is 0 Å². The average molecular weight is 397 g/mol. The number of anilines is 1. The molecule has 0 aliphatic heterocycles. The monoisotopic (exact) mass is 396 g/mol. The zero-order valence-electron chi connectivity index (χ0n) is 15.8. The summed E-state index contributed by atoms with van der Waals surface area (Å²) < 4.78 is 54.1. The van der Waals surface area contributed by atoms with Crippen LogP contribution in [0.1, 0.15) is 22.3 Å².